The first-order valence-corrected chi connectivity index (χ1v) is 5.38. The van der Waals surface area contributed by atoms with Crippen molar-refractivity contribution in [2.45, 2.75) is 24.3 Å². The second kappa shape index (κ2) is 5.14. The van der Waals surface area contributed by atoms with E-state index in [2.05, 4.69) is 6.92 Å². The number of nitrogens with two attached hydrogens (primary N) is 1. The van der Waals surface area contributed by atoms with Crippen LogP contribution in [0.3, 0.4) is 0 Å². The second-order valence-electron chi connectivity index (χ2n) is 2.97. The molecule has 0 aliphatic carbocycles. The van der Waals surface area contributed by atoms with Crippen molar-refractivity contribution < 1.29 is 5.11 Å². The molecule has 0 radical (unpaired) electrons. The Bertz CT molecular complexity index is 248. The summed E-state index contributed by atoms with van der Waals surface area (Å²) in [4.78, 5) is 1.15. The second-order valence-corrected chi connectivity index (χ2v) is 4.07. The monoisotopic (exact) mass is 197 g/mol. The lowest BCUT2D eigenvalue weighted by Crippen LogP contribution is -2.21. The number of benzene rings is 1. The molecule has 0 amide bonds. The lowest BCUT2D eigenvalue weighted by atomic mass is 10.3. The largest absolute Gasteiger partial charge is 0.508 e. The summed E-state index contributed by atoms with van der Waals surface area (Å²) in [5, 5.41) is 9.05. The SMILES string of the molecule is CC[C@H](N)CSc1ccc(O)cc1. The molecular formula is C10H15NOS. The van der Waals surface area contributed by atoms with E-state index >= 15 is 0 Å². The van der Waals surface area contributed by atoms with Gasteiger partial charge in [0.25, 0.3) is 0 Å². The number of phenolic OH excluding ortho intramolecular Hbond substituents is 1. The number of hydrogen-bond acceptors (Lipinski definition) is 3. The molecule has 0 fully saturated rings. The van der Waals surface area contributed by atoms with Crippen LogP contribution in [0.5, 0.6) is 5.75 Å². The molecule has 0 aromatic heterocycles. The molecule has 0 unspecified atom stereocenters. The molecule has 1 aromatic carbocycles. The maximum Gasteiger partial charge on any atom is 0.115 e. The van der Waals surface area contributed by atoms with E-state index < -0.39 is 0 Å². The van der Waals surface area contributed by atoms with Crippen molar-refractivity contribution >= 4 is 11.8 Å². The average molecular weight is 197 g/mol. The van der Waals surface area contributed by atoms with Gasteiger partial charge in [-0.1, -0.05) is 6.92 Å². The standard InChI is InChI=1S/C10H15NOS/c1-2-8(11)7-13-10-5-3-9(12)4-6-10/h3-6,8,12H,2,7,11H2,1H3/t8-/m0/s1. The van der Waals surface area contributed by atoms with Crippen molar-refractivity contribution in [2.75, 3.05) is 5.75 Å². The summed E-state index contributed by atoms with van der Waals surface area (Å²) >= 11 is 1.73. The molecule has 3 N–H and O–H groups in total. The van der Waals surface area contributed by atoms with Gasteiger partial charge < -0.3 is 10.8 Å². The van der Waals surface area contributed by atoms with Crippen LogP contribution in [0.4, 0.5) is 0 Å². The molecule has 2 nitrogen and oxygen atoms in total. The Morgan fingerprint density at radius 3 is 2.54 bits per heavy atom. The molecule has 0 saturated carbocycles. The van der Waals surface area contributed by atoms with Gasteiger partial charge in [0.2, 0.25) is 0 Å². The van der Waals surface area contributed by atoms with Crippen LogP contribution in [0.1, 0.15) is 13.3 Å². The molecule has 1 rings (SSSR count). The first kappa shape index (κ1) is 10.4. The number of phenols is 1. The van der Waals surface area contributed by atoms with Crippen molar-refractivity contribution in [2.24, 2.45) is 5.73 Å². The van der Waals surface area contributed by atoms with Crippen LogP contribution in [-0.4, -0.2) is 16.9 Å². The van der Waals surface area contributed by atoms with Gasteiger partial charge in [-0.05, 0) is 30.7 Å². The first-order valence-electron chi connectivity index (χ1n) is 4.39. The Hall–Kier alpha value is -0.670. The van der Waals surface area contributed by atoms with E-state index in [-0.39, 0.29) is 6.04 Å². The molecule has 0 aliphatic rings. The lowest BCUT2D eigenvalue weighted by Gasteiger charge is -2.07. The zero-order chi connectivity index (χ0) is 9.68. The molecule has 0 bridgehead atoms. The molecule has 1 atom stereocenters. The average Bonchev–Trinajstić information content (AvgIpc) is 2.16. The number of aromatic hydroxyl groups is 1. The maximum absolute atomic E-state index is 9.05. The first-order chi connectivity index (χ1) is 6.22. The van der Waals surface area contributed by atoms with E-state index in [1.807, 2.05) is 12.1 Å². The predicted octanol–water partition coefficient (Wildman–Crippen LogP) is 2.22. The van der Waals surface area contributed by atoms with E-state index in [0.717, 1.165) is 17.1 Å². The predicted molar refractivity (Wildman–Crippen MR) is 57.1 cm³/mol. The summed E-state index contributed by atoms with van der Waals surface area (Å²) in [6.45, 7) is 2.09. The van der Waals surface area contributed by atoms with Gasteiger partial charge >= 0.3 is 0 Å². The zero-order valence-electron chi connectivity index (χ0n) is 7.73. The zero-order valence-corrected chi connectivity index (χ0v) is 8.55. The van der Waals surface area contributed by atoms with Gasteiger partial charge in [-0.25, -0.2) is 0 Å². The Labute approximate surface area is 83.1 Å². The molecule has 0 aliphatic heterocycles. The van der Waals surface area contributed by atoms with Crippen LogP contribution >= 0.6 is 11.8 Å². The van der Waals surface area contributed by atoms with Crippen molar-refractivity contribution in [1.82, 2.24) is 0 Å². The van der Waals surface area contributed by atoms with Gasteiger partial charge in [0.15, 0.2) is 0 Å². The van der Waals surface area contributed by atoms with Crippen molar-refractivity contribution in [3.05, 3.63) is 24.3 Å². The van der Waals surface area contributed by atoms with Crippen LogP contribution < -0.4 is 5.73 Å². The van der Waals surface area contributed by atoms with Gasteiger partial charge in [-0.15, -0.1) is 11.8 Å². The van der Waals surface area contributed by atoms with Gasteiger partial charge in [0.1, 0.15) is 5.75 Å². The molecule has 3 heteroatoms. The van der Waals surface area contributed by atoms with E-state index in [0.29, 0.717) is 5.75 Å². The molecular weight excluding hydrogens is 182 g/mol. The third kappa shape index (κ3) is 3.70. The Morgan fingerprint density at radius 1 is 1.38 bits per heavy atom. The molecule has 0 saturated heterocycles. The lowest BCUT2D eigenvalue weighted by molar-refractivity contribution is 0.475. The molecule has 0 heterocycles. The number of rotatable bonds is 4. The fourth-order valence-corrected chi connectivity index (χ4v) is 1.83. The Morgan fingerprint density at radius 2 is 2.00 bits per heavy atom. The minimum absolute atomic E-state index is 0.263. The summed E-state index contributed by atoms with van der Waals surface area (Å²) in [5.41, 5.74) is 5.78. The normalized spacial score (nSPS) is 12.8. The minimum Gasteiger partial charge on any atom is -0.508 e. The summed E-state index contributed by atoms with van der Waals surface area (Å²) in [5.74, 6) is 1.24. The van der Waals surface area contributed by atoms with Crippen LogP contribution in [-0.2, 0) is 0 Å². The van der Waals surface area contributed by atoms with Crippen LogP contribution in [0.25, 0.3) is 0 Å². The summed E-state index contributed by atoms with van der Waals surface area (Å²) < 4.78 is 0. The fraction of sp³-hybridized carbons (Fsp3) is 0.400. The number of hydrogen-bond donors (Lipinski definition) is 2. The van der Waals surface area contributed by atoms with E-state index in [1.165, 1.54) is 0 Å². The van der Waals surface area contributed by atoms with Gasteiger partial charge in [0, 0.05) is 16.7 Å². The van der Waals surface area contributed by atoms with E-state index in [4.69, 9.17) is 10.8 Å². The fourth-order valence-electron chi connectivity index (χ4n) is 0.863. The Balaban J connectivity index is 2.41. The van der Waals surface area contributed by atoms with Gasteiger partial charge in [-0.2, -0.15) is 0 Å². The highest BCUT2D eigenvalue weighted by Gasteiger charge is 2.00. The highest BCUT2D eigenvalue weighted by Crippen LogP contribution is 2.21. The molecule has 72 valence electrons. The Kier molecular flexibility index (Phi) is 4.12. The minimum atomic E-state index is 0.263. The topological polar surface area (TPSA) is 46.2 Å². The van der Waals surface area contributed by atoms with Gasteiger partial charge in [0.05, 0.1) is 0 Å². The summed E-state index contributed by atoms with van der Waals surface area (Å²) in [6.07, 6.45) is 1.01. The summed E-state index contributed by atoms with van der Waals surface area (Å²) in [6, 6.07) is 7.46. The molecule has 13 heavy (non-hydrogen) atoms. The molecule has 0 spiro atoms. The summed E-state index contributed by atoms with van der Waals surface area (Å²) in [7, 11) is 0. The van der Waals surface area contributed by atoms with Crippen LogP contribution in [0, 0.1) is 0 Å². The quantitative estimate of drug-likeness (QED) is 0.727. The van der Waals surface area contributed by atoms with Crippen LogP contribution in [0.15, 0.2) is 29.2 Å². The third-order valence-electron chi connectivity index (χ3n) is 1.83. The van der Waals surface area contributed by atoms with Gasteiger partial charge in [-0.3, -0.25) is 0 Å². The van der Waals surface area contributed by atoms with Crippen molar-refractivity contribution in [3.8, 4) is 5.75 Å². The molecule has 1 aromatic rings. The number of thioether (sulfide) groups is 1. The highest BCUT2D eigenvalue weighted by atomic mass is 32.2. The van der Waals surface area contributed by atoms with Crippen molar-refractivity contribution in [1.29, 1.82) is 0 Å². The highest BCUT2D eigenvalue weighted by molar-refractivity contribution is 7.99. The smallest absolute Gasteiger partial charge is 0.115 e. The van der Waals surface area contributed by atoms with Crippen LogP contribution in [0.2, 0.25) is 0 Å². The van der Waals surface area contributed by atoms with E-state index in [9.17, 15) is 0 Å². The maximum atomic E-state index is 9.05. The van der Waals surface area contributed by atoms with Crippen molar-refractivity contribution in [3.63, 3.8) is 0 Å². The van der Waals surface area contributed by atoms with E-state index in [1.54, 1.807) is 23.9 Å². The third-order valence-corrected chi connectivity index (χ3v) is 3.03.